The molecule has 1 aromatic rings. The topological polar surface area (TPSA) is 56.6 Å². The minimum Gasteiger partial charge on any atom is -0.348 e. The maximum Gasteiger partial charge on any atom is 0.274 e. The summed E-state index contributed by atoms with van der Waals surface area (Å²) in [5, 5.41) is 4.36. The van der Waals surface area contributed by atoms with Gasteiger partial charge in [-0.25, -0.2) is 0 Å². The second kappa shape index (κ2) is 6.33. The quantitative estimate of drug-likeness (QED) is 0.772. The molecule has 130 valence electrons. The highest BCUT2D eigenvalue weighted by atomic mass is 16.7. The summed E-state index contributed by atoms with van der Waals surface area (Å²) in [7, 11) is 1.86. The molecule has 0 radical (unpaired) electrons. The largest absolute Gasteiger partial charge is 0.348 e. The van der Waals surface area contributed by atoms with Crippen LogP contribution < -0.4 is 0 Å². The molecule has 2 bridgehead atoms. The van der Waals surface area contributed by atoms with Gasteiger partial charge < -0.3 is 14.4 Å². The van der Waals surface area contributed by atoms with Gasteiger partial charge in [0.15, 0.2) is 12.0 Å². The van der Waals surface area contributed by atoms with E-state index in [4.69, 9.17) is 9.47 Å². The van der Waals surface area contributed by atoms with Crippen LogP contribution in [-0.2, 0) is 16.5 Å². The third kappa shape index (κ3) is 3.00. The van der Waals surface area contributed by atoms with E-state index < -0.39 is 0 Å². The van der Waals surface area contributed by atoms with E-state index in [-0.39, 0.29) is 12.2 Å². The van der Waals surface area contributed by atoms with Crippen LogP contribution in [0.15, 0.2) is 18.2 Å². The zero-order valence-electron chi connectivity index (χ0n) is 14.4. The van der Waals surface area contributed by atoms with E-state index in [0.29, 0.717) is 43.2 Å². The summed E-state index contributed by atoms with van der Waals surface area (Å²) in [5.74, 6) is 1.83. The molecule has 0 N–H and O–H groups in total. The fourth-order valence-electron chi connectivity index (χ4n) is 4.15. The Labute approximate surface area is 142 Å². The molecule has 0 aromatic carbocycles. The van der Waals surface area contributed by atoms with E-state index >= 15 is 0 Å². The SMILES string of the molecule is Cc1cc(C(=O)N(CC2OCCO2)C[C@@H]2C[C@@H]3C=C[C@H]2C3)nn1C. The average molecular weight is 331 g/mol. The van der Waals surface area contributed by atoms with Gasteiger partial charge in [-0.1, -0.05) is 12.2 Å². The Balaban J connectivity index is 1.50. The van der Waals surface area contributed by atoms with Crippen LogP contribution in [0.1, 0.15) is 29.0 Å². The van der Waals surface area contributed by atoms with Gasteiger partial charge in [-0.05, 0) is 43.6 Å². The van der Waals surface area contributed by atoms with Gasteiger partial charge in [-0.15, -0.1) is 0 Å². The summed E-state index contributed by atoms with van der Waals surface area (Å²) in [4.78, 5) is 14.9. The van der Waals surface area contributed by atoms with E-state index in [1.165, 1.54) is 12.8 Å². The smallest absolute Gasteiger partial charge is 0.274 e. The molecule has 1 saturated heterocycles. The van der Waals surface area contributed by atoms with Crippen molar-refractivity contribution in [2.75, 3.05) is 26.3 Å². The normalized spacial score (nSPS) is 28.8. The van der Waals surface area contributed by atoms with Crippen molar-refractivity contribution >= 4 is 5.91 Å². The zero-order chi connectivity index (χ0) is 16.7. The van der Waals surface area contributed by atoms with E-state index in [2.05, 4.69) is 17.3 Å². The molecule has 6 nitrogen and oxygen atoms in total. The minimum absolute atomic E-state index is 0.0236. The molecule has 24 heavy (non-hydrogen) atoms. The number of allylic oxidation sites excluding steroid dienone is 2. The third-order valence-electron chi connectivity index (χ3n) is 5.55. The number of ether oxygens (including phenoxy) is 2. The molecule has 6 heteroatoms. The number of rotatable bonds is 5. The highest BCUT2D eigenvalue weighted by Crippen LogP contribution is 2.43. The van der Waals surface area contributed by atoms with Crippen LogP contribution in [0.4, 0.5) is 0 Å². The monoisotopic (exact) mass is 331 g/mol. The molecular weight excluding hydrogens is 306 g/mol. The molecule has 2 aliphatic carbocycles. The van der Waals surface area contributed by atoms with Crippen molar-refractivity contribution in [3.8, 4) is 0 Å². The van der Waals surface area contributed by atoms with Gasteiger partial charge in [0.1, 0.15) is 0 Å². The van der Waals surface area contributed by atoms with Crippen LogP contribution in [0.2, 0.25) is 0 Å². The zero-order valence-corrected chi connectivity index (χ0v) is 14.4. The Morgan fingerprint density at radius 1 is 1.29 bits per heavy atom. The van der Waals surface area contributed by atoms with Crippen molar-refractivity contribution in [1.82, 2.24) is 14.7 Å². The molecule has 0 spiro atoms. The standard InChI is InChI=1S/C18H25N3O3/c1-12-7-16(19-20(12)2)18(22)21(11-17-23-5-6-24-17)10-15-9-13-3-4-14(15)8-13/h3-4,7,13-15,17H,5-6,8-11H2,1-2H3/t13-,14+,15+/m1/s1. The lowest BCUT2D eigenvalue weighted by molar-refractivity contribution is -0.0593. The fourth-order valence-corrected chi connectivity index (χ4v) is 4.15. The molecule has 1 aromatic heterocycles. The van der Waals surface area contributed by atoms with E-state index in [0.717, 1.165) is 12.2 Å². The number of hydrogen-bond donors (Lipinski definition) is 0. The van der Waals surface area contributed by atoms with Gasteiger partial charge in [0, 0.05) is 19.3 Å². The lowest BCUT2D eigenvalue weighted by atomic mass is 9.93. The third-order valence-corrected chi connectivity index (χ3v) is 5.55. The maximum atomic E-state index is 13.0. The molecule has 3 aliphatic rings. The Morgan fingerprint density at radius 3 is 2.67 bits per heavy atom. The lowest BCUT2D eigenvalue weighted by Crippen LogP contribution is -2.42. The number of aryl methyl sites for hydroxylation is 2. The highest BCUT2D eigenvalue weighted by Gasteiger charge is 2.38. The first-order valence-electron chi connectivity index (χ1n) is 8.81. The number of carbonyl (C=O) groups excluding carboxylic acids is 1. The predicted molar refractivity (Wildman–Crippen MR) is 88.4 cm³/mol. The second-order valence-corrected chi connectivity index (χ2v) is 7.22. The summed E-state index contributed by atoms with van der Waals surface area (Å²) in [6.45, 7) is 4.39. The summed E-state index contributed by atoms with van der Waals surface area (Å²) >= 11 is 0. The number of aromatic nitrogens is 2. The van der Waals surface area contributed by atoms with Gasteiger partial charge in [0.05, 0.1) is 19.8 Å². The van der Waals surface area contributed by atoms with Crippen molar-refractivity contribution in [3.63, 3.8) is 0 Å². The Hall–Kier alpha value is -1.66. The Bertz CT molecular complexity index is 628. The highest BCUT2D eigenvalue weighted by molar-refractivity contribution is 5.92. The molecule has 2 fully saturated rings. The molecule has 2 heterocycles. The molecule has 1 saturated carbocycles. The summed E-state index contributed by atoms with van der Waals surface area (Å²) in [5.41, 5.74) is 1.49. The molecule has 4 rings (SSSR count). The van der Waals surface area contributed by atoms with Gasteiger partial charge in [-0.3, -0.25) is 9.48 Å². The summed E-state index contributed by atoms with van der Waals surface area (Å²) < 4.78 is 12.9. The number of nitrogens with zero attached hydrogens (tertiary/aromatic N) is 3. The van der Waals surface area contributed by atoms with Crippen LogP contribution in [0, 0.1) is 24.7 Å². The number of hydrogen-bond acceptors (Lipinski definition) is 4. The molecule has 3 atom stereocenters. The number of amides is 1. The van der Waals surface area contributed by atoms with Crippen LogP contribution in [0.25, 0.3) is 0 Å². The second-order valence-electron chi connectivity index (χ2n) is 7.22. The summed E-state index contributed by atoms with van der Waals surface area (Å²) in [6.07, 6.45) is 6.77. The predicted octanol–water partition coefficient (Wildman–Crippen LogP) is 1.76. The van der Waals surface area contributed by atoms with Crippen LogP contribution in [0.5, 0.6) is 0 Å². The molecule has 1 amide bonds. The first kappa shape index (κ1) is 15.8. The fraction of sp³-hybridized carbons (Fsp3) is 0.667. The maximum absolute atomic E-state index is 13.0. The summed E-state index contributed by atoms with van der Waals surface area (Å²) in [6, 6.07) is 1.85. The Kier molecular flexibility index (Phi) is 4.18. The van der Waals surface area contributed by atoms with Crippen LogP contribution in [0.3, 0.4) is 0 Å². The van der Waals surface area contributed by atoms with Crippen molar-refractivity contribution in [2.45, 2.75) is 26.1 Å². The van der Waals surface area contributed by atoms with Crippen molar-refractivity contribution in [1.29, 1.82) is 0 Å². The van der Waals surface area contributed by atoms with E-state index in [9.17, 15) is 4.79 Å². The van der Waals surface area contributed by atoms with Crippen LogP contribution >= 0.6 is 0 Å². The van der Waals surface area contributed by atoms with Gasteiger partial charge in [0.2, 0.25) is 0 Å². The van der Waals surface area contributed by atoms with Crippen molar-refractivity contribution in [2.24, 2.45) is 24.8 Å². The average Bonchev–Trinajstić information content (AvgIpc) is 3.33. The van der Waals surface area contributed by atoms with E-state index in [1.54, 1.807) is 4.68 Å². The molecular formula is C18H25N3O3. The number of fused-ring (bicyclic) bond motifs is 2. The van der Waals surface area contributed by atoms with E-state index in [1.807, 2.05) is 24.9 Å². The van der Waals surface area contributed by atoms with Crippen molar-refractivity contribution < 1.29 is 14.3 Å². The van der Waals surface area contributed by atoms with Gasteiger partial charge >= 0.3 is 0 Å². The van der Waals surface area contributed by atoms with Crippen LogP contribution in [-0.4, -0.2) is 53.2 Å². The number of carbonyl (C=O) groups is 1. The Morgan fingerprint density at radius 2 is 2.08 bits per heavy atom. The molecule has 1 aliphatic heterocycles. The first-order valence-corrected chi connectivity index (χ1v) is 8.81. The minimum atomic E-state index is -0.312. The van der Waals surface area contributed by atoms with Gasteiger partial charge in [-0.2, -0.15) is 5.10 Å². The van der Waals surface area contributed by atoms with Crippen molar-refractivity contribution in [3.05, 3.63) is 29.6 Å². The lowest BCUT2D eigenvalue weighted by Gasteiger charge is -2.29. The molecule has 0 unspecified atom stereocenters. The first-order chi connectivity index (χ1) is 11.6. The van der Waals surface area contributed by atoms with Gasteiger partial charge in [0.25, 0.3) is 5.91 Å².